The molecule has 2 aliphatic heterocycles. The lowest BCUT2D eigenvalue weighted by Gasteiger charge is -2.20. The third-order valence-corrected chi connectivity index (χ3v) is 8.10. The zero-order chi connectivity index (χ0) is 23.0. The van der Waals surface area contributed by atoms with Gasteiger partial charge in [-0.15, -0.1) is 0 Å². The molecule has 0 aromatic heterocycles. The van der Waals surface area contributed by atoms with Gasteiger partial charge in [0, 0.05) is 49.7 Å². The number of nitrogens with one attached hydrogen (secondary N) is 1. The van der Waals surface area contributed by atoms with Gasteiger partial charge in [0.1, 0.15) is 18.0 Å². The molecule has 2 aromatic rings. The van der Waals surface area contributed by atoms with E-state index < -0.39 is 0 Å². The number of rotatable bonds is 7. The minimum absolute atomic E-state index is 0.0372. The zero-order valence-electron chi connectivity index (χ0n) is 19.7. The first kappa shape index (κ1) is 22.6. The molecule has 176 valence electrons. The highest BCUT2D eigenvalue weighted by Gasteiger charge is 2.47. The van der Waals surface area contributed by atoms with Crippen molar-refractivity contribution in [1.29, 1.82) is 0 Å². The van der Waals surface area contributed by atoms with E-state index >= 15 is 0 Å². The molecule has 33 heavy (non-hydrogen) atoms. The van der Waals surface area contributed by atoms with Crippen molar-refractivity contribution in [2.75, 3.05) is 38.0 Å². The van der Waals surface area contributed by atoms with E-state index in [1.165, 1.54) is 25.8 Å². The van der Waals surface area contributed by atoms with Crippen molar-refractivity contribution < 1.29 is 14.3 Å². The van der Waals surface area contributed by atoms with Crippen molar-refractivity contribution >= 4 is 23.7 Å². The standard InChI is InChI=1S/C26H33N3O3S/c1-18-7-8-19(2)22(13-18)25(30)28-15-23(31-3)24(16-28)32-21-6-4-5-20(14-21)27-33-29-12-11-26(17-29)9-10-26/h4-8,13-14,23-24,27H,9-12,15-17H2,1-3H3. The first-order valence-corrected chi connectivity index (χ1v) is 12.6. The molecular formula is C26H33N3O3S. The Bertz CT molecular complexity index is 1030. The minimum atomic E-state index is -0.208. The lowest BCUT2D eigenvalue weighted by Crippen LogP contribution is -2.32. The van der Waals surface area contributed by atoms with E-state index in [4.69, 9.17) is 9.47 Å². The van der Waals surface area contributed by atoms with Gasteiger partial charge in [-0.25, -0.2) is 4.31 Å². The van der Waals surface area contributed by atoms with Gasteiger partial charge in [-0.05, 0) is 62.3 Å². The highest BCUT2D eigenvalue weighted by atomic mass is 32.2. The predicted octanol–water partition coefficient (Wildman–Crippen LogP) is 4.68. The van der Waals surface area contributed by atoms with Crippen LogP contribution >= 0.6 is 12.1 Å². The first-order valence-electron chi connectivity index (χ1n) is 11.8. The molecule has 6 nitrogen and oxygen atoms in total. The van der Waals surface area contributed by atoms with Crippen LogP contribution in [0.5, 0.6) is 5.75 Å². The number of amides is 1. The fourth-order valence-electron chi connectivity index (χ4n) is 4.87. The monoisotopic (exact) mass is 467 g/mol. The van der Waals surface area contributed by atoms with Gasteiger partial charge in [0.2, 0.25) is 0 Å². The van der Waals surface area contributed by atoms with Crippen LogP contribution in [0.1, 0.15) is 40.7 Å². The maximum absolute atomic E-state index is 13.2. The maximum atomic E-state index is 13.2. The smallest absolute Gasteiger partial charge is 0.254 e. The van der Waals surface area contributed by atoms with Crippen LogP contribution in [0, 0.1) is 19.3 Å². The summed E-state index contributed by atoms with van der Waals surface area (Å²) in [6.07, 6.45) is 3.73. The van der Waals surface area contributed by atoms with Crippen molar-refractivity contribution in [3.63, 3.8) is 0 Å². The Kier molecular flexibility index (Phi) is 6.29. The summed E-state index contributed by atoms with van der Waals surface area (Å²) in [5.74, 6) is 0.823. The van der Waals surface area contributed by atoms with Crippen molar-refractivity contribution in [3.05, 3.63) is 59.2 Å². The number of ether oxygens (including phenoxy) is 2. The fraction of sp³-hybridized carbons (Fsp3) is 0.500. The third-order valence-electron chi connectivity index (χ3n) is 7.20. The van der Waals surface area contributed by atoms with Gasteiger partial charge in [0.05, 0.1) is 13.1 Å². The molecule has 2 unspecified atom stereocenters. The second-order valence-electron chi connectivity index (χ2n) is 9.79. The first-order chi connectivity index (χ1) is 15.9. The van der Waals surface area contributed by atoms with Crippen LogP contribution in [0.25, 0.3) is 0 Å². The number of hydrogen-bond acceptors (Lipinski definition) is 6. The highest BCUT2D eigenvalue weighted by Crippen LogP contribution is 2.53. The Morgan fingerprint density at radius 2 is 1.91 bits per heavy atom. The fourth-order valence-corrected chi connectivity index (χ4v) is 5.75. The number of benzene rings is 2. The van der Waals surface area contributed by atoms with Gasteiger partial charge < -0.3 is 19.1 Å². The Hall–Kier alpha value is -2.22. The molecule has 2 atom stereocenters. The second kappa shape index (κ2) is 9.20. The minimum Gasteiger partial charge on any atom is -0.486 e. The number of methoxy groups -OCH3 is 1. The van der Waals surface area contributed by atoms with Crippen molar-refractivity contribution in [2.45, 2.75) is 45.3 Å². The van der Waals surface area contributed by atoms with Crippen LogP contribution in [0.4, 0.5) is 5.69 Å². The predicted molar refractivity (Wildman–Crippen MR) is 133 cm³/mol. The van der Waals surface area contributed by atoms with Gasteiger partial charge in [-0.1, -0.05) is 23.8 Å². The molecule has 1 N–H and O–H groups in total. The summed E-state index contributed by atoms with van der Waals surface area (Å²) in [7, 11) is 1.68. The molecule has 0 bridgehead atoms. The van der Waals surface area contributed by atoms with Gasteiger partial charge in [0.25, 0.3) is 5.91 Å². The Morgan fingerprint density at radius 1 is 1.09 bits per heavy atom. The van der Waals surface area contributed by atoms with Crippen molar-refractivity contribution in [3.8, 4) is 5.75 Å². The van der Waals surface area contributed by atoms with Gasteiger partial charge in [-0.2, -0.15) is 0 Å². The topological polar surface area (TPSA) is 54.0 Å². The van der Waals surface area contributed by atoms with E-state index in [9.17, 15) is 4.79 Å². The number of carbonyl (C=O) groups is 1. The van der Waals surface area contributed by atoms with Gasteiger partial charge >= 0.3 is 0 Å². The van der Waals surface area contributed by atoms with Crippen LogP contribution in [-0.4, -0.2) is 60.6 Å². The Balaban J connectivity index is 1.21. The summed E-state index contributed by atoms with van der Waals surface area (Å²) >= 11 is 1.69. The van der Waals surface area contributed by atoms with Crippen LogP contribution in [0.2, 0.25) is 0 Å². The molecule has 0 radical (unpaired) electrons. The SMILES string of the molecule is COC1CN(C(=O)c2cc(C)ccc2C)CC1Oc1cccc(NSN2CCC3(CC3)C2)c1. The molecule has 1 aliphatic carbocycles. The number of nitrogens with zero attached hydrogens (tertiary/aromatic N) is 2. The largest absolute Gasteiger partial charge is 0.486 e. The van der Waals surface area contributed by atoms with Crippen molar-refractivity contribution in [1.82, 2.24) is 9.21 Å². The summed E-state index contributed by atoms with van der Waals surface area (Å²) in [6.45, 7) is 7.36. The third kappa shape index (κ3) is 5.00. The average molecular weight is 468 g/mol. The highest BCUT2D eigenvalue weighted by molar-refractivity contribution is 7.98. The summed E-state index contributed by atoms with van der Waals surface area (Å²) in [6, 6.07) is 14.1. The Labute approximate surface area is 200 Å². The van der Waals surface area contributed by atoms with E-state index in [0.29, 0.717) is 18.5 Å². The maximum Gasteiger partial charge on any atom is 0.254 e. The number of carbonyl (C=O) groups excluding carboxylic acids is 1. The van der Waals surface area contributed by atoms with Crippen LogP contribution in [-0.2, 0) is 4.74 Å². The molecule has 2 aromatic carbocycles. The molecule has 5 rings (SSSR count). The average Bonchev–Trinajstić information content (AvgIpc) is 3.26. The normalized spacial score (nSPS) is 23.8. The molecule has 3 aliphatic rings. The lowest BCUT2D eigenvalue weighted by molar-refractivity contribution is 0.0340. The van der Waals surface area contributed by atoms with Gasteiger partial charge in [0.15, 0.2) is 0 Å². The number of hydrogen-bond donors (Lipinski definition) is 1. The Morgan fingerprint density at radius 3 is 2.67 bits per heavy atom. The number of likely N-dealkylation sites (tertiary alicyclic amines) is 1. The quantitative estimate of drug-likeness (QED) is 0.597. The summed E-state index contributed by atoms with van der Waals surface area (Å²) < 4.78 is 17.9. The second-order valence-corrected chi connectivity index (χ2v) is 10.7. The van der Waals surface area contributed by atoms with E-state index in [0.717, 1.165) is 34.7 Å². The molecule has 3 fully saturated rings. The number of aryl methyl sites for hydroxylation is 2. The van der Waals surface area contributed by atoms with E-state index in [2.05, 4.69) is 15.1 Å². The molecule has 2 saturated heterocycles. The molecule has 1 saturated carbocycles. The van der Waals surface area contributed by atoms with Crippen LogP contribution in [0.15, 0.2) is 42.5 Å². The number of anilines is 1. The zero-order valence-corrected chi connectivity index (χ0v) is 20.5. The van der Waals surface area contributed by atoms with E-state index in [1.807, 2.05) is 55.1 Å². The van der Waals surface area contributed by atoms with E-state index in [1.54, 1.807) is 19.2 Å². The lowest BCUT2D eigenvalue weighted by atomic mass is 10.0. The molecular weight excluding hydrogens is 434 g/mol. The summed E-state index contributed by atoms with van der Waals surface area (Å²) in [5, 5.41) is 0. The van der Waals surface area contributed by atoms with E-state index in [-0.39, 0.29) is 18.1 Å². The van der Waals surface area contributed by atoms with Crippen LogP contribution in [0.3, 0.4) is 0 Å². The molecule has 1 amide bonds. The van der Waals surface area contributed by atoms with Gasteiger partial charge in [-0.3, -0.25) is 4.79 Å². The molecule has 7 heteroatoms. The summed E-state index contributed by atoms with van der Waals surface area (Å²) in [5.41, 5.74) is 4.47. The summed E-state index contributed by atoms with van der Waals surface area (Å²) in [4.78, 5) is 15.0. The van der Waals surface area contributed by atoms with Crippen LogP contribution < -0.4 is 9.46 Å². The molecule has 1 spiro atoms. The molecule has 2 heterocycles. The van der Waals surface area contributed by atoms with Crippen molar-refractivity contribution in [2.24, 2.45) is 5.41 Å².